The maximum atomic E-state index is 11.9. The second kappa shape index (κ2) is 9.60. The molecule has 2 aromatic rings. The van der Waals surface area contributed by atoms with Gasteiger partial charge in [-0.3, -0.25) is 4.52 Å². The molecular formula is C16H21O13P3. The first-order valence-corrected chi connectivity index (χ1v) is 13.5. The molecule has 0 aromatic heterocycles. The zero-order valence-electron chi connectivity index (χ0n) is 16.5. The highest BCUT2D eigenvalue weighted by molar-refractivity contribution is 7.66. The number of ether oxygens (including phenoxy) is 2. The van der Waals surface area contributed by atoms with Gasteiger partial charge in [0.2, 0.25) is 0 Å². The monoisotopic (exact) mass is 514 g/mol. The predicted octanol–water partition coefficient (Wildman–Crippen LogP) is 2.38. The van der Waals surface area contributed by atoms with Crippen LogP contribution in [0.1, 0.15) is 18.1 Å². The average molecular weight is 514 g/mol. The van der Waals surface area contributed by atoms with Crippen LogP contribution in [0.5, 0.6) is 5.75 Å². The summed E-state index contributed by atoms with van der Waals surface area (Å²) >= 11 is 0. The van der Waals surface area contributed by atoms with E-state index in [1.54, 1.807) is 6.07 Å². The molecule has 32 heavy (non-hydrogen) atoms. The highest BCUT2D eigenvalue weighted by atomic mass is 31.3. The summed E-state index contributed by atoms with van der Waals surface area (Å²) < 4.78 is 56.9. The SMILES string of the molecule is COc1cc2ccccc2cc1[C@H]1C[C@H](O)[C@@H](COP(=O)(O)OP(=O)(O)OP(=O)(O)O)O1. The number of rotatable bonds is 9. The lowest BCUT2D eigenvalue weighted by Crippen LogP contribution is -2.26. The molecule has 16 heteroatoms. The van der Waals surface area contributed by atoms with E-state index in [2.05, 4.69) is 13.1 Å². The van der Waals surface area contributed by atoms with Gasteiger partial charge in [0.15, 0.2) is 0 Å². The topological polar surface area (TPSA) is 199 Å². The number of phosphoric acid groups is 3. The summed E-state index contributed by atoms with van der Waals surface area (Å²) in [7, 11) is -15.0. The summed E-state index contributed by atoms with van der Waals surface area (Å²) in [6.07, 6.45) is -2.82. The number of aliphatic hydroxyl groups excluding tert-OH is 1. The zero-order valence-corrected chi connectivity index (χ0v) is 19.1. The summed E-state index contributed by atoms with van der Waals surface area (Å²) in [5, 5.41) is 12.1. The van der Waals surface area contributed by atoms with Crippen molar-refractivity contribution in [3.8, 4) is 5.75 Å². The lowest BCUT2D eigenvalue weighted by Gasteiger charge is -2.20. The number of aliphatic hydroxyl groups is 1. The third-order valence-electron chi connectivity index (χ3n) is 4.49. The van der Waals surface area contributed by atoms with Crippen molar-refractivity contribution < 1.29 is 61.0 Å². The molecule has 1 heterocycles. The van der Waals surface area contributed by atoms with Gasteiger partial charge in [0.1, 0.15) is 11.9 Å². The fourth-order valence-corrected chi connectivity index (χ4v) is 6.25. The normalized spacial score (nSPS) is 25.4. The molecule has 2 unspecified atom stereocenters. The van der Waals surface area contributed by atoms with E-state index in [0.29, 0.717) is 11.3 Å². The second-order valence-corrected chi connectivity index (χ2v) is 11.2. The molecule has 0 radical (unpaired) electrons. The molecule has 1 fully saturated rings. The van der Waals surface area contributed by atoms with E-state index < -0.39 is 48.4 Å². The number of hydrogen-bond donors (Lipinski definition) is 5. The Kier molecular flexibility index (Phi) is 7.63. The minimum absolute atomic E-state index is 0.0964. The molecule has 5 atom stereocenters. The molecule has 0 saturated carbocycles. The van der Waals surface area contributed by atoms with Crippen LogP contribution < -0.4 is 4.74 Å². The quantitative estimate of drug-likeness (QED) is 0.306. The Morgan fingerprint density at radius 2 is 1.62 bits per heavy atom. The van der Waals surface area contributed by atoms with Crippen molar-refractivity contribution in [3.05, 3.63) is 42.0 Å². The number of phosphoric ester groups is 1. The van der Waals surface area contributed by atoms with Crippen molar-refractivity contribution in [2.75, 3.05) is 13.7 Å². The largest absolute Gasteiger partial charge is 0.496 e. The van der Waals surface area contributed by atoms with Crippen molar-refractivity contribution in [1.29, 1.82) is 0 Å². The summed E-state index contributed by atoms with van der Waals surface area (Å²) in [6.45, 7) is -0.739. The molecule has 3 rings (SSSR count). The highest BCUT2D eigenvalue weighted by Gasteiger charge is 2.43. The fraction of sp³-hybridized carbons (Fsp3) is 0.375. The van der Waals surface area contributed by atoms with Gasteiger partial charge in [0.05, 0.1) is 25.9 Å². The van der Waals surface area contributed by atoms with Gasteiger partial charge in [-0.1, -0.05) is 24.3 Å². The van der Waals surface area contributed by atoms with Crippen molar-refractivity contribution in [1.82, 2.24) is 0 Å². The van der Waals surface area contributed by atoms with Gasteiger partial charge in [0.25, 0.3) is 0 Å². The molecule has 0 spiro atoms. The van der Waals surface area contributed by atoms with Gasteiger partial charge in [0, 0.05) is 12.0 Å². The minimum Gasteiger partial charge on any atom is -0.496 e. The highest BCUT2D eigenvalue weighted by Crippen LogP contribution is 2.66. The van der Waals surface area contributed by atoms with Crippen molar-refractivity contribution >= 4 is 34.2 Å². The first kappa shape index (κ1) is 25.5. The second-order valence-electron chi connectivity index (χ2n) is 6.79. The molecule has 2 aromatic carbocycles. The van der Waals surface area contributed by atoms with E-state index in [1.807, 2.05) is 30.3 Å². The third-order valence-corrected chi connectivity index (χ3v) is 8.29. The molecule has 13 nitrogen and oxygen atoms in total. The van der Waals surface area contributed by atoms with Crippen LogP contribution in [0, 0.1) is 0 Å². The van der Waals surface area contributed by atoms with Gasteiger partial charge in [-0.15, -0.1) is 0 Å². The lowest BCUT2D eigenvalue weighted by molar-refractivity contribution is -0.0225. The molecule has 0 bridgehead atoms. The van der Waals surface area contributed by atoms with Crippen molar-refractivity contribution in [2.45, 2.75) is 24.7 Å². The van der Waals surface area contributed by atoms with Crippen molar-refractivity contribution in [3.63, 3.8) is 0 Å². The number of benzene rings is 2. The molecule has 0 amide bonds. The van der Waals surface area contributed by atoms with Crippen LogP contribution >= 0.6 is 23.5 Å². The molecule has 178 valence electrons. The molecule has 1 saturated heterocycles. The maximum absolute atomic E-state index is 11.9. The van der Waals surface area contributed by atoms with E-state index >= 15 is 0 Å². The first-order valence-electron chi connectivity index (χ1n) is 8.97. The summed E-state index contributed by atoms with van der Waals surface area (Å²) in [6, 6.07) is 11.1. The number of hydrogen-bond acceptors (Lipinski definition) is 9. The van der Waals surface area contributed by atoms with E-state index in [1.165, 1.54) is 7.11 Å². The van der Waals surface area contributed by atoms with Gasteiger partial charge < -0.3 is 34.2 Å². The lowest BCUT2D eigenvalue weighted by atomic mass is 9.99. The number of methoxy groups -OCH3 is 1. The summed E-state index contributed by atoms with van der Waals surface area (Å²) in [5.74, 6) is 0.509. The molecular weight excluding hydrogens is 493 g/mol. The minimum atomic E-state index is -5.63. The number of fused-ring (bicyclic) bond motifs is 1. The van der Waals surface area contributed by atoms with Gasteiger partial charge >= 0.3 is 23.5 Å². The Bertz CT molecular complexity index is 1120. The molecule has 1 aliphatic rings. The molecule has 0 aliphatic carbocycles. The van der Waals surface area contributed by atoms with Crippen LogP contribution in [0.2, 0.25) is 0 Å². The maximum Gasteiger partial charge on any atom is 0.490 e. The zero-order chi connectivity index (χ0) is 23.7. The standard InChI is InChI=1S/C16H21O13P3/c1-25-14-7-11-5-3-2-4-10(11)6-12(14)15-8-13(17)16(27-15)9-26-31(21,22)29-32(23,24)28-30(18,19)20/h2-7,13,15-17H,8-9H2,1H3,(H,21,22)(H,23,24)(H2,18,19,20)/t13-,15+,16+/m0/s1. The van der Waals surface area contributed by atoms with Crippen LogP contribution in [-0.2, 0) is 31.6 Å². The van der Waals surface area contributed by atoms with E-state index in [-0.39, 0.29) is 6.42 Å². The van der Waals surface area contributed by atoms with Crippen LogP contribution in [0.4, 0.5) is 0 Å². The fourth-order valence-electron chi connectivity index (χ4n) is 3.22. The van der Waals surface area contributed by atoms with E-state index in [4.69, 9.17) is 19.3 Å². The van der Waals surface area contributed by atoms with Crippen LogP contribution in [-0.4, -0.2) is 50.6 Å². The Morgan fingerprint density at radius 3 is 2.22 bits per heavy atom. The molecule has 1 aliphatic heterocycles. The average Bonchev–Trinajstić information content (AvgIpc) is 3.03. The van der Waals surface area contributed by atoms with Gasteiger partial charge in [-0.05, 0) is 22.9 Å². The van der Waals surface area contributed by atoms with Gasteiger partial charge in [-0.2, -0.15) is 8.62 Å². The Morgan fingerprint density at radius 1 is 1.00 bits per heavy atom. The van der Waals surface area contributed by atoms with Gasteiger partial charge in [-0.25, -0.2) is 13.7 Å². The van der Waals surface area contributed by atoms with Crippen LogP contribution in [0.3, 0.4) is 0 Å². The van der Waals surface area contributed by atoms with Crippen LogP contribution in [0.25, 0.3) is 10.8 Å². The predicted molar refractivity (Wildman–Crippen MR) is 109 cm³/mol. The summed E-state index contributed by atoms with van der Waals surface area (Å²) in [5.41, 5.74) is 0.631. The smallest absolute Gasteiger partial charge is 0.490 e. The van der Waals surface area contributed by atoms with E-state index in [0.717, 1.165) is 10.8 Å². The first-order chi connectivity index (χ1) is 14.8. The van der Waals surface area contributed by atoms with E-state index in [9.17, 15) is 28.6 Å². The van der Waals surface area contributed by atoms with Crippen molar-refractivity contribution in [2.24, 2.45) is 0 Å². The Labute approximate surface area is 181 Å². The van der Waals surface area contributed by atoms with Crippen LogP contribution in [0.15, 0.2) is 36.4 Å². The molecule has 5 N–H and O–H groups in total. The summed E-state index contributed by atoms with van der Waals surface area (Å²) in [4.78, 5) is 35.8. The Hall–Kier alpha value is -1.17. The third kappa shape index (κ3) is 6.68. The Balaban J connectivity index is 1.68.